The first-order valence-corrected chi connectivity index (χ1v) is 5.82. The Balaban J connectivity index is 2.56. The van der Waals surface area contributed by atoms with Gasteiger partial charge in [0.15, 0.2) is 5.69 Å². The van der Waals surface area contributed by atoms with Gasteiger partial charge in [0, 0.05) is 5.56 Å². The number of methoxy groups -OCH3 is 1. The first-order chi connectivity index (χ1) is 9.93. The van der Waals surface area contributed by atoms with Gasteiger partial charge < -0.3 is 15.6 Å². The zero-order chi connectivity index (χ0) is 15.6. The predicted molar refractivity (Wildman–Crippen MR) is 72.3 cm³/mol. The molecule has 1 aromatic heterocycles. The van der Waals surface area contributed by atoms with E-state index in [1.165, 1.54) is 24.3 Å². The summed E-state index contributed by atoms with van der Waals surface area (Å²) in [6, 6.07) is 6.52. The number of pyridine rings is 1. The van der Waals surface area contributed by atoms with Crippen LogP contribution in [-0.2, 0) is 4.74 Å². The summed E-state index contributed by atoms with van der Waals surface area (Å²) >= 11 is 0. The lowest BCUT2D eigenvalue weighted by Crippen LogP contribution is -2.07. The van der Waals surface area contributed by atoms with Crippen LogP contribution in [0.4, 0.5) is 10.2 Å². The third-order valence-electron chi connectivity index (χ3n) is 2.80. The number of halogens is 1. The summed E-state index contributed by atoms with van der Waals surface area (Å²) in [5.41, 5.74) is 5.39. The van der Waals surface area contributed by atoms with E-state index in [4.69, 9.17) is 10.8 Å². The molecule has 21 heavy (non-hydrogen) atoms. The third kappa shape index (κ3) is 2.81. The number of benzene rings is 1. The van der Waals surface area contributed by atoms with Crippen molar-refractivity contribution in [3.05, 3.63) is 47.4 Å². The predicted octanol–water partition coefficient (Wildman–Crippen LogP) is 1.95. The summed E-state index contributed by atoms with van der Waals surface area (Å²) in [5, 5.41) is 9.12. The second-order valence-corrected chi connectivity index (χ2v) is 4.12. The van der Waals surface area contributed by atoms with E-state index in [1.807, 2.05) is 0 Å². The number of anilines is 1. The fourth-order valence-corrected chi connectivity index (χ4v) is 1.83. The van der Waals surface area contributed by atoms with E-state index in [0.29, 0.717) is 0 Å². The Hall–Kier alpha value is -2.96. The van der Waals surface area contributed by atoms with Gasteiger partial charge in [0.05, 0.1) is 12.7 Å². The maximum Gasteiger partial charge on any atom is 0.355 e. The first-order valence-electron chi connectivity index (χ1n) is 5.82. The molecule has 1 heterocycles. The van der Waals surface area contributed by atoms with Crippen molar-refractivity contribution < 1.29 is 23.8 Å². The number of carbonyl (C=O) groups is 2. The molecule has 0 saturated carbocycles. The van der Waals surface area contributed by atoms with Gasteiger partial charge in [-0.1, -0.05) is 6.07 Å². The van der Waals surface area contributed by atoms with E-state index in [2.05, 4.69) is 9.72 Å². The standard InChI is InChI=1S/C14H11FN2O4/c1-21-14(20)9-3-2-7(6-10(9)15)8-4-5-11(16)17-12(8)13(18)19/h2-6H,1H3,(H2,16,17)(H,18,19). The van der Waals surface area contributed by atoms with E-state index < -0.39 is 17.8 Å². The van der Waals surface area contributed by atoms with Gasteiger partial charge in [-0.2, -0.15) is 0 Å². The summed E-state index contributed by atoms with van der Waals surface area (Å²) < 4.78 is 18.3. The Morgan fingerprint density at radius 3 is 2.57 bits per heavy atom. The maximum absolute atomic E-state index is 13.9. The number of carboxylic acids is 1. The zero-order valence-corrected chi connectivity index (χ0v) is 11.0. The minimum Gasteiger partial charge on any atom is -0.476 e. The molecule has 7 heteroatoms. The lowest BCUT2D eigenvalue weighted by atomic mass is 10.0. The molecule has 0 saturated heterocycles. The molecule has 0 fully saturated rings. The van der Waals surface area contributed by atoms with Crippen LogP contribution < -0.4 is 5.73 Å². The Kier molecular flexibility index (Phi) is 3.84. The summed E-state index contributed by atoms with van der Waals surface area (Å²) in [4.78, 5) is 26.2. The minimum atomic E-state index is -1.28. The monoisotopic (exact) mass is 290 g/mol. The van der Waals surface area contributed by atoms with Gasteiger partial charge in [0.25, 0.3) is 0 Å². The van der Waals surface area contributed by atoms with Crippen LogP contribution in [-0.4, -0.2) is 29.1 Å². The van der Waals surface area contributed by atoms with E-state index >= 15 is 0 Å². The fourth-order valence-electron chi connectivity index (χ4n) is 1.83. The van der Waals surface area contributed by atoms with E-state index in [-0.39, 0.29) is 28.2 Å². The molecular formula is C14H11FN2O4. The first kappa shape index (κ1) is 14.4. The van der Waals surface area contributed by atoms with E-state index in [9.17, 15) is 14.0 Å². The highest BCUT2D eigenvalue weighted by atomic mass is 19.1. The van der Waals surface area contributed by atoms with Gasteiger partial charge in [-0.05, 0) is 29.8 Å². The fraction of sp³-hybridized carbons (Fsp3) is 0.0714. The quantitative estimate of drug-likeness (QED) is 0.838. The normalized spacial score (nSPS) is 10.2. The average molecular weight is 290 g/mol. The molecule has 3 N–H and O–H groups in total. The number of aromatic carboxylic acids is 1. The van der Waals surface area contributed by atoms with Crippen LogP contribution >= 0.6 is 0 Å². The van der Waals surface area contributed by atoms with Crippen LogP contribution in [0.3, 0.4) is 0 Å². The van der Waals surface area contributed by atoms with Gasteiger partial charge >= 0.3 is 11.9 Å². The maximum atomic E-state index is 13.9. The minimum absolute atomic E-state index is 0.0443. The average Bonchev–Trinajstić information content (AvgIpc) is 2.46. The molecule has 0 spiro atoms. The van der Waals surface area contributed by atoms with Crippen molar-refractivity contribution in [2.45, 2.75) is 0 Å². The molecule has 0 aliphatic rings. The smallest absolute Gasteiger partial charge is 0.355 e. The number of nitrogen functional groups attached to an aromatic ring is 1. The second-order valence-electron chi connectivity index (χ2n) is 4.12. The number of hydrogen-bond acceptors (Lipinski definition) is 5. The van der Waals surface area contributed by atoms with Gasteiger partial charge in [0.1, 0.15) is 11.6 Å². The molecule has 0 atom stereocenters. The van der Waals surface area contributed by atoms with Crippen LogP contribution in [0.15, 0.2) is 30.3 Å². The molecule has 108 valence electrons. The topological polar surface area (TPSA) is 103 Å². The number of esters is 1. The SMILES string of the molecule is COC(=O)c1ccc(-c2ccc(N)nc2C(=O)O)cc1F. The molecule has 1 aromatic carbocycles. The lowest BCUT2D eigenvalue weighted by Gasteiger charge is -2.08. The van der Waals surface area contributed by atoms with Gasteiger partial charge in [-0.15, -0.1) is 0 Å². The number of aromatic nitrogens is 1. The Morgan fingerprint density at radius 2 is 2.00 bits per heavy atom. The van der Waals surface area contributed by atoms with Crippen LogP contribution in [0.1, 0.15) is 20.8 Å². The molecule has 0 unspecified atom stereocenters. The van der Waals surface area contributed by atoms with Crippen LogP contribution in [0, 0.1) is 5.82 Å². The summed E-state index contributed by atoms with van der Waals surface area (Å²) in [5.74, 6) is -2.86. The molecular weight excluding hydrogens is 279 g/mol. The number of nitrogens with two attached hydrogens (primary N) is 1. The van der Waals surface area contributed by atoms with Gasteiger partial charge in [0.2, 0.25) is 0 Å². The molecule has 2 rings (SSSR count). The van der Waals surface area contributed by atoms with Crippen molar-refractivity contribution in [2.24, 2.45) is 0 Å². The number of hydrogen-bond donors (Lipinski definition) is 2. The van der Waals surface area contributed by atoms with Crippen molar-refractivity contribution in [3.8, 4) is 11.1 Å². The number of carboxylic acid groups (broad SMARTS) is 1. The summed E-state index contributed by atoms with van der Waals surface area (Å²) in [6.07, 6.45) is 0. The van der Waals surface area contributed by atoms with E-state index in [1.54, 1.807) is 0 Å². The number of ether oxygens (including phenoxy) is 1. The Bertz CT molecular complexity index is 731. The van der Waals surface area contributed by atoms with E-state index in [0.717, 1.165) is 13.2 Å². The highest BCUT2D eigenvalue weighted by Gasteiger charge is 2.17. The largest absolute Gasteiger partial charge is 0.476 e. The Labute approximate surface area is 119 Å². The number of nitrogens with zero attached hydrogens (tertiary/aromatic N) is 1. The van der Waals surface area contributed by atoms with Crippen LogP contribution in [0.5, 0.6) is 0 Å². The van der Waals surface area contributed by atoms with Gasteiger partial charge in [-0.3, -0.25) is 0 Å². The Morgan fingerprint density at radius 1 is 1.29 bits per heavy atom. The van der Waals surface area contributed by atoms with Crippen molar-refractivity contribution >= 4 is 17.8 Å². The number of carbonyl (C=O) groups excluding carboxylic acids is 1. The molecule has 0 bridgehead atoms. The highest BCUT2D eigenvalue weighted by Crippen LogP contribution is 2.26. The molecule has 0 radical (unpaired) electrons. The van der Waals surface area contributed by atoms with Crippen molar-refractivity contribution in [1.29, 1.82) is 0 Å². The molecule has 6 nitrogen and oxygen atoms in total. The summed E-state index contributed by atoms with van der Waals surface area (Å²) in [7, 11) is 1.14. The summed E-state index contributed by atoms with van der Waals surface area (Å²) in [6.45, 7) is 0. The van der Waals surface area contributed by atoms with Crippen LogP contribution in [0.25, 0.3) is 11.1 Å². The van der Waals surface area contributed by atoms with Crippen molar-refractivity contribution in [2.75, 3.05) is 12.8 Å². The highest BCUT2D eigenvalue weighted by molar-refractivity contribution is 5.95. The molecule has 2 aromatic rings. The van der Waals surface area contributed by atoms with Gasteiger partial charge in [-0.25, -0.2) is 19.0 Å². The lowest BCUT2D eigenvalue weighted by molar-refractivity contribution is 0.0594. The second kappa shape index (κ2) is 5.58. The van der Waals surface area contributed by atoms with Crippen LogP contribution in [0.2, 0.25) is 0 Å². The molecule has 0 amide bonds. The zero-order valence-electron chi connectivity index (χ0n) is 11.0. The number of rotatable bonds is 3. The molecule has 0 aliphatic carbocycles. The third-order valence-corrected chi connectivity index (χ3v) is 2.80. The molecule has 0 aliphatic heterocycles. The van der Waals surface area contributed by atoms with Crippen molar-refractivity contribution in [1.82, 2.24) is 4.98 Å². The van der Waals surface area contributed by atoms with Crippen molar-refractivity contribution in [3.63, 3.8) is 0 Å².